The van der Waals surface area contributed by atoms with Gasteiger partial charge in [-0.3, -0.25) is 4.79 Å². The quantitative estimate of drug-likeness (QED) is 0.659. The second kappa shape index (κ2) is 9.05. The molecule has 158 valence electrons. The molecule has 7 heteroatoms. The number of allylic oxidation sites excluding steroid dienone is 1. The van der Waals surface area contributed by atoms with Crippen LogP contribution in [0.4, 0.5) is 0 Å². The second-order valence-corrected chi connectivity index (χ2v) is 7.79. The highest BCUT2D eigenvalue weighted by Gasteiger charge is 2.38. The maximum absolute atomic E-state index is 12.7. The number of amides is 1. The maximum Gasteiger partial charge on any atom is 0.286 e. The van der Waals surface area contributed by atoms with Crippen LogP contribution in [0.3, 0.4) is 0 Å². The summed E-state index contributed by atoms with van der Waals surface area (Å²) in [5.74, 6) is 2.00. The van der Waals surface area contributed by atoms with Crippen LogP contribution >= 0.6 is 0 Å². The van der Waals surface area contributed by atoms with Gasteiger partial charge in [-0.2, -0.15) is 0 Å². The number of aliphatic hydroxyl groups is 1. The first kappa shape index (κ1) is 20.0. The molecular weight excluding hydrogens is 374 g/mol. The standard InChI is InChI=1S/C22H29NO6/c1-2-26-22-16(4-3-9-24)17(15-7-8-18-19(10-15)28-13-27-18)11-20(29-22)21(25)23-12-14-5-6-14/h7-8,10-11,14,16-17,22,24H,2-6,9,12-13H2,1H3,(H,23,25). The number of hydrogen-bond donors (Lipinski definition) is 2. The van der Waals surface area contributed by atoms with Crippen LogP contribution in [0.25, 0.3) is 0 Å². The summed E-state index contributed by atoms with van der Waals surface area (Å²) in [7, 11) is 0. The van der Waals surface area contributed by atoms with Crippen LogP contribution < -0.4 is 14.8 Å². The average molecular weight is 403 g/mol. The molecule has 2 heterocycles. The molecule has 29 heavy (non-hydrogen) atoms. The van der Waals surface area contributed by atoms with E-state index < -0.39 is 6.29 Å². The Morgan fingerprint density at radius 2 is 2.10 bits per heavy atom. The van der Waals surface area contributed by atoms with E-state index in [1.165, 1.54) is 12.8 Å². The highest BCUT2D eigenvalue weighted by molar-refractivity contribution is 5.91. The molecule has 0 bridgehead atoms. The van der Waals surface area contributed by atoms with E-state index in [-0.39, 0.29) is 31.1 Å². The first-order chi connectivity index (χ1) is 14.2. The van der Waals surface area contributed by atoms with Crippen LogP contribution in [-0.2, 0) is 14.3 Å². The predicted octanol–water partition coefficient (Wildman–Crippen LogP) is 2.69. The number of aliphatic hydroxyl groups excluding tert-OH is 1. The normalized spacial score (nSPS) is 25.3. The molecule has 4 rings (SSSR count). The van der Waals surface area contributed by atoms with Crippen LogP contribution in [0.15, 0.2) is 30.0 Å². The van der Waals surface area contributed by atoms with Gasteiger partial charge < -0.3 is 29.4 Å². The van der Waals surface area contributed by atoms with Gasteiger partial charge in [0, 0.05) is 31.6 Å². The van der Waals surface area contributed by atoms with E-state index in [2.05, 4.69) is 5.32 Å². The Kier molecular flexibility index (Phi) is 6.25. The van der Waals surface area contributed by atoms with Crippen molar-refractivity contribution in [3.05, 3.63) is 35.6 Å². The molecule has 3 atom stereocenters. The summed E-state index contributed by atoms with van der Waals surface area (Å²) in [5, 5.41) is 12.3. The zero-order valence-electron chi connectivity index (χ0n) is 16.8. The molecule has 1 amide bonds. The molecule has 3 aliphatic rings. The van der Waals surface area contributed by atoms with E-state index in [0.29, 0.717) is 43.4 Å². The molecule has 0 radical (unpaired) electrons. The number of carbonyl (C=O) groups is 1. The van der Waals surface area contributed by atoms with Gasteiger partial charge in [-0.05, 0) is 62.3 Å². The van der Waals surface area contributed by atoms with Gasteiger partial charge in [0.05, 0.1) is 0 Å². The Labute approximate surface area is 171 Å². The van der Waals surface area contributed by atoms with Crippen molar-refractivity contribution in [1.29, 1.82) is 0 Å². The van der Waals surface area contributed by atoms with Gasteiger partial charge in [-0.1, -0.05) is 6.07 Å². The molecule has 2 N–H and O–H groups in total. The molecule has 1 saturated carbocycles. The van der Waals surface area contributed by atoms with Crippen LogP contribution in [-0.4, -0.2) is 43.9 Å². The minimum atomic E-state index is -0.548. The number of nitrogens with one attached hydrogen (secondary N) is 1. The van der Waals surface area contributed by atoms with Gasteiger partial charge in [0.2, 0.25) is 13.1 Å². The highest BCUT2D eigenvalue weighted by atomic mass is 16.7. The van der Waals surface area contributed by atoms with Crippen molar-refractivity contribution in [2.75, 3.05) is 26.6 Å². The van der Waals surface area contributed by atoms with Crippen LogP contribution in [0.5, 0.6) is 11.5 Å². The number of fused-ring (bicyclic) bond motifs is 1. The van der Waals surface area contributed by atoms with Crippen LogP contribution in [0.2, 0.25) is 0 Å². The zero-order chi connectivity index (χ0) is 20.2. The molecule has 0 spiro atoms. The lowest BCUT2D eigenvalue weighted by atomic mass is 9.80. The van der Waals surface area contributed by atoms with Gasteiger partial charge in [0.1, 0.15) is 0 Å². The molecular formula is C22H29NO6. The lowest BCUT2D eigenvalue weighted by Crippen LogP contribution is -2.39. The van der Waals surface area contributed by atoms with Crippen molar-refractivity contribution in [1.82, 2.24) is 5.32 Å². The van der Waals surface area contributed by atoms with Crippen molar-refractivity contribution < 1.29 is 28.8 Å². The van der Waals surface area contributed by atoms with E-state index in [4.69, 9.17) is 18.9 Å². The number of hydrogen-bond acceptors (Lipinski definition) is 6. The summed E-state index contributed by atoms with van der Waals surface area (Å²) < 4.78 is 22.8. The Balaban J connectivity index is 1.62. The molecule has 7 nitrogen and oxygen atoms in total. The Morgan fingerprint density at radius 1 is 1.28 bits per heavy atom. The third-order valence-electron chi connectivity index (χ3n) is 5.66. The fourth-order valence-electron chi connectivity index (χ4n) is 3.91. The minimum absolute atomic E-state index is 0.0255. The predicted molar refractivity (Wildman–Crippen MR) is 105 cm³/mol. The van der Waals surface area contributed by atoms with Crippen molar-refractivity contribution in [2.45, 2.75) is 44.8 Å². The molecule has 0 saturated heterocycles. The number of rotatable bonds is 9. The van der Waals surface area contributed by atoms with Gasteiger partial charge >= 0.3 is 0 Å². The summed E-state index contributed by atoms with van der Waals surface area (Å²) in [4.78, 5) is 12.7. The Morgan fingerprint density at radius 3 is 2.86 bits per heavy atom. The van der Waals surface area contributed by atoms with Crippen LogP contribution in [0.1, 0.15) is 44.1 Å². The molecule has 3 unspecified atom stereocenters. The summed E-state index contributed by atoms with van der Waals surface area (Å²) >= 11 is 0. The first-order valence-electron chi connectivity index (χ1n) is 10.5. The molecule has 1 fully saturated rings. The third kappa shape index (κ3) is 4.67. The Bertz CT molecular complexity index is 760. The van der Waals surface area contributed by atoms with Crippen molar-refractivity contribution in [3.63, 3.8) is 0 Å². The average Bonchev–Trinajstić information content (AvgIpc) is 3.45. The fraction of sp³-hybridized carbons (Fsp3) is 0.591. The summed E-state index contributed by atoms with van der Waals surface area (Å²) in [5.41, 5.74) is 1.01. The molecule has 1 aliphatic carbocycles. The summed E-state index contributed by atoms with van der Waals surface area (Å²) in [6.45, 7) is 3.38. The van der Waals surface area contributed by atoms with Crippen molar-refractivity contribution in [2.24, 2.45) is 11.8 Å². The van der Waals surface area contributed by atoms with E-state index >= 15 is 0 Å². The topological polar surface area (TPSA) is 86.3 Å². The summed E-state index contributed by atoms with van der Waals surface area (Å²) in [6, 6.07) is 5.85. The van der Waals surface area contributed by atoms with Gasteiger partial charge in [-0.25, -0.2) is 0 Å². The van der Waals surface area contributed by atoms with Gasteiger partial charge in [0.15, 0.2) is 17.3 Å². The van der Waals surface area contributed by atoms with E-state index in [9.17, 15) is 9.90 Å². The maximum atomic E-state index is 12.7. The number of carbonyl (C=O) groups excluding carboxylic acids is 1. The van der Waals surface area contributed by atoms with Crippen LogP contribution in [0, 0.1) is 11.8 Å². The zero-order valence-corrected chi connectivity index (χ0v) is 16.8. The number of ether oxygens (including phenoxy) is 4. The lowest BCUT2D eigenvalue weighted by molar-refractivity contribution is -0.166. The van der Waals surface area contributed by atoms with E-state index in [1.807, 2.05) is 31.2 Å². The summed E-state index contributed by atoms with van der Waals surface area (Å²) in [6.07, 6.45) is 5.03. The molecule has 0 aromatic heterocycles. The van der Waals surface area contributed by atoms with Gasteiger partial charge in [0.25, 0.3) is 5.91 Å². The Hall–Kier alpha value is -2.25. The lowest BCUT2D eigenvalue weighted by Gasteiger charge is -2.37. The van der Waals surface area contributed by atoms with Gasteiger partial charge in [-0.15, -0.1) is 0 Å². The molecule has 1 aromatic carbocycles. The number of benzene rings is 1. The smallest absolute Gasteiger partial charge is 0.286 e. The highest BCUT2D eigenvalue weighted by Crippen LogP contribution is 2.42. The van der Waals surface area contributed by atoms with Crippen molar-refractivity contribution >= 4 is 5.91 Å². The third-order valence-corrected chi connectivity index (χ3v) is 5.66. The monoisotopic (exact) mass is 403 g/mol. The minimum Gasteiger partial charge on any atom is -0.459 e. The second-order valence-electron chi connectivity index (χ2n) is 7.79. The molecule has 2 aliphatic heterocycles. The SMILES string of the molecule is CCOC1OC(C(=O)NCC2CC2)=CC(c2ccc3c(c2)OCO3)C1CCCO. The van der Waals surface area contributed by atoms with E-state index in [1.54, 1.807) is 0 Å². The first-order valence-corrected chi connectivity index (χ1v) is 10.5. The van der Waals surface area contributed by atoms with E-state index in [0.717, 1.165) is 11.3 Å². The molecule has 1 aromatic rings. The fourth-order valence-corrected chi connectivity index (χ4v) is 3.91. The van der Waals surface area contributed by atoms with Crippen molar-refractivity contribution in [3.8, 4) is 11.5 Å². The largest absolute Gasteiger partial charge is 0.459 e.